The van der Waals surface area contributed by atoms with Crippen LogP contribution in [0.2, 0.25) is 0 Å². The Kier molecular flexibility index (Phi) is 12.3. The lowest BCUT2D eigenvalue weighted by atomic mass is 10.1. The van der Waals surface area contributed by atoms with E-state index < -0.39 is 17.4 Å². The van der Waals surface area contributed by atoms with Crippen molar-refractivity contribution < 1.29 is 47.2 Å². The molecule has 0 unspecified atom stereocenters. The molecule has 1 heterocycles. The summed E-state index contributed by atoms with van der Waals surface area (Å²) in [6.45, 7) is 1.68. The molecule has 0 spiro atoms. The van der Waals surface area contributed by atoms with Crippen molar-refractivity contribution in [2.24, 2.45) is 0 Å². The van der Waals surface area contributed by atoms with Crippen molar-refractivity contribution in [3.8, 4) is 28.7 Å². The summed E-state index contributed by atoms with van der Waals surface area (Å²) in [7, 11) is 9.37. The van der Waals surface area contributed by atoms with Crippen LogP contribution in [0.3, 0.4) is 0 Å². The molecule has 3 aromatic rings. The van der Waals surface area contributed by atoms with E-state index in [1.54, 1.807) is 24.3 Å². The number of fused-ring (bicyclic) bond motifs is 1. The zero-order valence-electron chi connectivity index (χ0n) is 25.2. The first-order valence-corrected chi connectivity index (χ1v) is 13.4. The second-order valence-electron chi connectivity index (χ2n) is 9.28. The zero-order valence-corrected chi connectivity index (χ0v) is 25.2. The van der Waals surface area contributed by atoms with Crippen molar-refractivity contribution >= 4 is 29.0 Å². The van der Waals surface area contributed by atoms with Crippen molar-refractivity contribution in [3.05, 3.63) is 58.0 Å². The average molecular weight is 600 g/mol. The summed E-state index contributed by atoms with van der Waals surface area (Å²) >= 11 is 0. The largest absolute Gasteiger partial charge is 0.496 e. The number of methoxy groups -OCH3 is 5. The highest BCUT2D eigenvalue weighted by Crippen LogP contribution is 2.38. The molecule has 0 N–H and O–H groups in total. The fraction of sp³-hybridized carbons (Fsp3) is 0.387. The molecule has 43 heavy (non-hydrogen) atoms. The van der Waals surface area contributed by atoms with Crippen LogP contribution in [-0.4, -0.2) is 85.7 Å². The Morgan fingerprint density at radius 2 is 1.42 bits per heavy atom. The maximum atomic E-state index is 12.6. The predicted octanol–water partition coefficient (Wildman–Crippen LogP) is 3.96. The van der Waals surface area contributed by atoms with Crippen LogP contribution in [0.15, 0.2) is 45.6 Å². The molecule has 1 aromatic heterocycles. The molecule has 0 aliphatic carbocycles. The van der Waals surface area contributed by atoms with Crippen molar-refractivity contribution in [1.29, 1.82) is 0 Å². The van der Waals surface area contributed by atoms with Gasteiger partial charge in [-0.25, -0.2) is 9.59 Å². The first-order valence-electron chi connectivity index (χ1n) is 13.4. The quantitative estimate of drug-likeness (QED) is 0.134. The minimum absolute atomic E-state index is 0.132. The SMILES string of the molecule is COc1cc(OC)c2c(=O)cc(C(=O)OCCCN(C)CCCOC(=O)/C=C/c3cc(OC)c(OC)c(OC)c3)oc2c1. The molecular formula is C31H37NO11. The molecule has 0 saturated carbocycles. The van der Waals surface area contributed by atoms with E-state index in [1.807, 2.05) is 11.9 Å². The molecule has 0 atom stereocenters. The molecule has 0 saturated heterocycles. The number of esters is 2. The van der Waals surface area contributed by atoms with E-state index in [0.717, 1.165) is 6.07 Å². The minimum atomic E-state index is -0.741. The van der Waals surface area contributed by atoms with E-state index in [2.05, 4.69) is 0 Å². The van der Waals surface area contributed by atoms with Crippen LogP contribution < -0.4 is 29.1 Å². The van der Waals surface area contributed by atoms with Crippen molar-refractivity contribution in [1.82, 2.24) is 4.90 Å². The molecule has 0 amide bonds. The van der Waals surface area contributed by atoms with Gasteiger partial charge >= 0.3 is 11.9 Å². The Morgan fingerprint density at radius 3 is 2.00 bits per heavy atom. The van der Waals surface area contributed by atoms with Crippen LogP contribution >= 0.6 is 0 Å². The van der Waals surface area contributed by atoms with Crippen molar-refractivity contribution in [3.63, 3.8) is 0 Å². The Morgan fingerprint density at radius 1 is 0.791 bits per heavy atom. The molecule has 0 radical (unpaired) electrons. The molecule has 0 bridgehead atoms. The summed E-state index contributed by atoms with van der Waals surface area (Å²) in [5.74, 6) is 0.715. The third kappa shape index (κ3) is 8.89. The lowest BCUT2D eigenvalue weighted by molar-refractivity contribution is -0.137. The molecule has 0 aliphatic heterocycles. The highest BCUT2D eigenvalue weighted by molar-refractivity contribution is 5.91. The maximum absolute atomic E-state index is 12.6. The van der Waals surface area contributed by atoms with Gasteiger partial charge in [0.1, 0.15) is 22.5 Å². The lowest BCUT2D eigenvalue weighted by Gasteiger charge is -2.16. The highest BCUT2D eigenvalue weighted by atomic mass is 16.5. The van der Waals surface area contributed by atoms with Gasteiger partial charge in [0, 0.05) is 37.4 Å². The molecule has 2 aromatic carbocycles. The van der Waals surface area contributed by atoms with Gasteiger partial charge in [0.25, 0.3) is 0 Å². The van der Waals surface area contributed by atoms with Gasteiger partial charge in [-0.05, 0) is 43.7 Å². The second-order valence-corrected chi connectivity index (χ2v) is 9.28. The Labute approximate surface area is 249 Å². The van der Waals surface area contributed by atoms with Crippen molar-refractivity contribution in [2.45, 2.75) is 12.8 Å². The van der Waals surface area contributed by atoms with E-state index in [1.165, 1.54) is 47.7 Å². The van der Waals surface area contributed by atoms with Crippen molar-refractivity contribution in [2.75, 3.05) is 68.9 Å². The summed E-state index contributed by atoms with van der Waals surface area (Å²) in [4.78, 5) is 39.3. The van der Waals surface area contributed by atoms with E-state index in [-0.39, 0.29) is 35.7 Å². The number of ether oxygens (including phenoxy) is 7. The van der Waals surface area contributed by atoms with Crippen LogP contribution in [0.25, 0.3) is 17.0 Å². The number of hydrogen-bond donors (Lipinski definition) is 0. The topological polar surface area (TPSA) is 132 Å². The van der Waals surface area contributed by atoms with Gasteiger partial charge in [-0.15, -0.1) is 0 Å². The zero-order chi connectivity index (χ0) is 31.4. The molecule has 232 valence electrons. The van der Waals surface area contributed by atoms with Crippen LogP contribution in [0, 0.1) is 0 Å². The first-order chi connectivity index (χ1) is 20.7. The number of hydrogen-bond acceptors (Lipinski definition) is 12. The molecule has 0 aliphatic rings. The summed E-state index contributed by atoms with van der Waals surface area (Å²) in [6, 6.07) is 7.61. The van der Waals surface area contributed by atoms with Crippen LogP contribution in [-0.2, 0) is 14.3 Å². The maximum Gasteiger partial charge on any atom is 0.374 e. The number of benzene rings is 2. The molecule has 3 rings (SSSR count). The molecule has 12 heteroatoms. The van der Waals surface area contributed by atoms with Crippen LogP contribution in [0.4, 0.5) is 0 Å². The Hall–Kier alpha value is -4.71. The van der Waals surface area contributed by atoms with E-state index in [0.29, 0.717) is 54.5 Å². The molecular weight excluding hydrogens is 562 g/mol. The second kappa shape index (κ2) is 16.1. The highest BCUT2D eigenvalue weighted by Gasteiger charge is 2.18. The van der Waals surface area contributed by atoms with Gasteiger partial charge in [0.15, 0.2) is 16.9 Å². The minimum Gasteiger partial charge on any atom is -0.496 e. The van der Waals surface area contributed by atoms with E-state index in [9.17, 15) is 14.4 Å². The van der Waals surface area contributed by atoms with Crippen LogP contribution in [0.1, 0.15) is 29.0 Å². The van der Waals surface area contributed by atoms with Gasteiger partial charge in [0.2, 0.25) is 11.5 Å². The first kappa shape index (κ1) is 32.8. The number of carbonyl (C=O) groups excluding carboxylic acids is 2. The number of carbonyl (C=O) groups is 2. The Balaban J connectivity index is 1.39. The fourth-order valence-electron chi connectivity index (χ4n) is 4.21. The standard InChI is InChI=1S/C31H37NO11/c1-32(11-7-13-41-28(34)10-9-20-15-25(38-4)30(40-6)26(16-20)39-5)12-8-14-42-31(35)27-19-22(33)29-23(37-3)17-21(36-2)18-24(29)43-27/h9-10,15-19H,7-8,11-14H2,1-6H3/b10-9+. The van der Waals surface area contributed by atoms with Gasteiger partial charge in [-0.1, -0.05) is 0 Å². The molecule has 0 fully saturated rings. The molecule has 12 nitrogen and oxygen atoms in total. The van der Waals surface area contributed by atoms with Gasteiger partial charge in [-0.3, -0.25) is 4.79 Å². The van der Waals surface area contributed by atoms with Gasteiger partial charge in [-0.2, -0.15) is 0 Å². The fourth-order valence-corrected chi connectivity index (χ4v) is 4.21. The van der Waals surface area contributed by atoms with Crippen LogP contribution in [0.5, 0.6) is 28.7 Å². The normalized spacial score (nSPS) is 11.0. The Bertz CT molecular complexity index is 1470. The number of nitrogens with zero attached hydrogens (tertiary/aromatic N) is 1. The summed E-state index contributed by atoms with van der Waals surface area (Å²) < 4.78 is 42.6. The number of rotatable bonds is 16. The summed E-state index contributed by atoms with van der Waals surface area (Å²) in [5.41, 5.74) is 0.424. The third-order valence-corrected chi connectivity index (χ3v) is 6.37. The van der Waals surface area contributed by atoms with Gasteiger partial charge in [0.05, 0.1) is 48.8 Å². The smallest absolute Gasteiger partial charge is 0.374 e. The van der Waals surface area contributed by atoms with E-state index in [4.69, 9.17) is 37.6 Å². The van der Waals surface area contributed by atoms with Gasteiger partial charge < -0.3 is 42.5 Å². The summed E-state index contributed by atoms with van der Waals surface area (Å²) in [5, 5.41) is 0.210. The predicted molar refractivity (Wildman–Crippen MR) is 159 cm³/mol. The summed E-state index contributed by atoms with van der Waals surface area (Å²) in [6.07, 6.45) is 4.12. The third-order valence-electron chi connectivity index (χ3n) is 6.37. The van der Waals surface area contributed by atoms with E-state index >= 15 is 0 Å². The lowest BCUT2D eigenvalue weighted by Crippen LogP contribution is -2.23. The average Bonchev–Trinajstić information content (AvgIpc) is 3.02. The monoisotopic (exact) mass is 599 g/mol.